The molecule has 2 heterocycles. The number of guanidine groups is 1. The third kappa shape index (κ3) is 8.82. The van der Waals surface area contributed by atoms with Gasteiger partial charge in [-0.25, -0.2) is 0 Å². The Morgan fingerprint density at radius 3 is 2.52 bits per heavy atom. The number of ether oxygens (including phenoxy) is 1. The van der Waals surface area contributed by atoms with E-state index in [-0.39, 0.29) is 0 Å². The lowest BCUT2D eigenvalue weighted by molar-refractivity contribution is 0.0625. The minimum atomic E-state index is 0.818. The van der Waals surface area contributed by atoms with Crippen LogP contribution in [0, 0.1) is 17.8 Å². The molecule has 158 valence electrons. The molecule has 2 aliphatic rings. The molecule has 0 spiro atoms. The summed E-state index contributed by atoms with van der Waals surface area (Å²) in [5.41, 5.74) is 0. The summed E-state index contributed by atoms with van der Waals surface area (Å²) in [6.07, 6.45) is 7.52. The van der Waals surface area contributed by atoms with Gasteiger partial charge < -0.3 is 19.9 Å². The minimum Gasteiger partial charge on any atom is -0.381 e. The van der Waals surface area contributed by atoms with Crippen LogP contribution in [0.4, 0.5) is 0 Å². The Balaban J connectivity index is 1.65. The molecule has 0 bridgehead atoms. The lowest BCUT2D eigenvalue weighted by Gasteiger charge is -2.34. The van der Waals surface area contributed by atoms with Gasteiger partial charge >= 0.3 is 0 Å². The topological polar surface area (TPSA) is 40.1 Å². The van der Waals surface area contributed by atoms with Crippen molar-refractivity contribution >= 4 is 5.96 Å². The van der Waals surface area contributed by atoms with Crippen molar-refractivity contribution in [2.45, 2.75) is 59.3 Å². The molecule has 0 aliphatic carbocycles. The van der Waals surface area contributed by atoms with E-state index >= 15 is 0 Å². The zero-order valence-corrected chi connectivity index (χ0v) is 18.4. The molecule has 0 aromatic carbocycles. The van der Waals surface area contributed by atoms with Gasteiger partial charge in [-0.3, -0.25) is 4.99 Å². The molecule has 5 nitrogen and oxygen atoms in total. The predicted molar refractivity (Wildman–Crippen MR) is 115 cm³/mol. The smallest absolute Gasteiger partial charge is 0.193 e. The normalized spacial score (nSPS) is 25.6. The van der Waals surface area contributed by atoms with Crippen molar-refractivity contribution in [3.05, 3.63) is 0 Å². The first-order valence-corrected chi connectivity index (χ1v) is 11.4. The summed E-state index contributed by atoms with van der Waals surface area (Å²) in [7, 11) is 2.18. The molecule has 0 amide bonds. The van der Waals surface area contributed by atoms with Crippen LogP contribution in [-0.4, -0.2) is 75.3 Å². The number of nitrogens with zero attached hydrogens (tertiary/aromatic N) is 3. The third-order valence-corrected chi connectivity index (χ3v) is 6.00. The second-order valence-corrected chi connectivity index (χ2v) is 8.91. The number of rotatable bonds is 9. The zero-order chi connectivity index (χ0) is 19.5. The Kier molecular flexibility index (Phi) is 10.5. The highest BCUT2D eigenvalue weighted by atomic mass is 16.5. The second kappa shape index (κ2) is 12.6. The number of unbranched alkanes of at least 4 members (excludes halogenated alkanes) is 1. The molecule has 2 atom stereocenters. The number of aliphatic imine (C=N–C) groups is 1. The Hall–Kier alpha value is -0.810. The molecule has 0 aromatic rings. The summed E-state index contributed by atoms with van der Waals surface area (Å²) >= 11 is 0. The Labute approximate surface area is 167 Å². The first-order chi connectivity index (χ1) is 13.1. The van der Waals surface area contributed by atoms with Gasteiger partial charge in [0.2, 0.25) is 0 Å². The standard InChI is InChI=1S/C22H44N4O/c1-5-23-22(25(4)13-8-21-9-14-27-15-10-21)24-11-6-7-12-26-17-19(2)16-20(3)18-26/h19-21H,5-18H2,1-4H3,(H,23,24). The van der Waals surface area contributed by atoms with E-state index in [1.807, 2.05) is 0 Å². The van der Waals surface area contributed by atoms with E-state index in [4.69, 9.17) is 9.73 Å². The minimum absolute atomic E-state index is 0.818. The summed E-state index contributed by atoms with van der Waals surface area (Å²) in [6.45, 7) is 15.6. The van der Waals surface area contributed by atoms with E-state index in [9.17, 15) is 0 Å². The van der Waals surface area contributed by atoms with Crippen LogP contribution < -0.4 is 5.32 Å². The molecule has 2 unspecified atom stereocenters. The van der Waals surface area contributed by atoms with Crippen LogP contribution in [0.2, 0.25) is 0 Å². The fourth-order valence-corrected chi connectivity index (χ4v) is 4.59. The highest BCUT2D eigenvalue weighted by Crippen LogP contribution is 2.21. The molecule has 27 heavy (non-hydrogen) atoms. The molecule has 2 saturated heterocycles. The number of piperidine rings is 1. The van der Waals surface area contributed by atoms with Crippen molar-refractivity contribution in [1.82, 2.24) is 15.1 Å². The molecule has 2 fully saturated rings. The van der Waals surface area contributed by atoms with E-state index in [0.717, 1.165) is 56.6 Å². The van der Waals surface area contributed by atoms with E-state index in [1.165, 1.54) is 58.2 Å². The van der Waals surface area contributed by atoms with Gasteiger partial charge in [-0.2, -0.15) is 0 Å². The van der Waals surface area contributed by atoms with Gasteiger partial charge in [0.1, 0.15) is 0 Å². The molecule has 0 aromatic heterocycles. The highest BCUT2D eigenvalue weighted by molar-refractivity contribution is 5.79. The van der Waals surface area contributed by atoms with Crippen LogP contribution in [0.15, 0.2) is 4.99 Å². The van der Waals surface area contributed by atoms with Crippen molar-refractivity contribution < 1.29 is 4.74 Å². The largest absolute Gasteiger partial charge is 0.381 e. The van der Waals surface area contributed by atoms with Gasteiger partial charge in [0.15, 0.2) is 5.96 Å². The Morgan fingerprint density at radius 2 is 1.85 bits per heavy atom. The fourth-order valence-electron chi connectivity index (χ4n) is 4.59. The lowest BCUT2D eigenvalue weighted by Crippen LogP contribution is -2.40. The van der Waals surface area contributed by atoms with Gasteiger partial charge in [-0.1, -0.05) is 13.8 Å². The maximum Gasteiger partial charge on any atom is 0.193 e. The van der Waals surface area contributed by atoms with Crippen molar-refractivity contribution in [3.8, 4) is 0 Å². The second-order valence-electron chi connectivity index (χ2n) is 8.91. The molecule has 1 N–H and O–H groups in total. The summed E-state index contributed by atoms with van der Waals surface area (Å²) in [6, 6.07) is 0. The third-order valence-electron chi connectivity index (χ3n) is 6.00. The number of likely N-dealkylation sites (tertiary alicyclic amines) is 1. The zero-order valence-electron chi connectivity index (χ0n) is 18.4. The maximum absolute atomic E-state index is 5.47. The lowest BCUT2D eigenvalue weighted by atomic mass is 9.92. The maximum atomic E-state index is 5.47. The molecule has 5 heteroatoms. The van der Waals surface area contributed by atoms with Gasteiger partial charge in [0, 0.05) is 53.0 Å². The average Bonchev–Trinajstić information content (AvgIpc) is 2.65. The highest BCUT2D eigenvalue weighted by Gasteiger charge is 2.21. The summed E-state index contributed by atoms with van der Waals surface area (Å²) in [4.78, 5) is 9.85. The quantitative estimate of drug-likeness (QED) is 0.378. The van der Waals surface area contributed by atoms with Crippen LogP contribution in [0.3, 0.4) is 0 Å². The molecule has 2 rings (SSSR count). The van der Waals surface area contributed by atoms with Crippen molar-refractivity contribution in [2.24, 2.45) is 22.7 Å². The van der Waals surface area contributed by atoms with E-state index in [2.05, 4.69) is 42.9 Å². The van der Waals surface area contributed by atoms with Crippen LogP contribution in [0.25, 0.3) is 0 Å². The van der Waals surface area contributed by atoms with Gasteiger partial charge in [0.05, 0.1) is 0 Å². The first kappa shape index (κ1) is 22.5. The van der Waals surface area contributed by atoms with Crippen molar-refractivity contribution in [3.63, 3.8) is 0 Å². The van der Waals surface area contributed by atoms with E-state index in [1.54, 1.807) is 0 Å². The van der Waals surface area contributed by atoms with E-state index < -0.39 is 0 Å². The SMILES string of the molecule is CCNC(=NCCCCN1CC(C)CC(C)C1)N(C)CCC1CCOCC1. The predicted octanol–water partition coefficient (Wildman–Crippen LogP) is 3.46. The summed E-state index contributed by atoms with van der Waals surface area (Å²) < 4.78 is 5.47. The average molecular weight is 381 g/mol. The van der Waals surface area contributed by atoms with Gasteiger partial charge in [-0.15, -0.1) is 0 Å². The Morgan fingerprint density at radius 1 is 1.15 bits per heavy atom. The molecular formula is C22H44N4O. The molecule has 2 aliphatic heterocycles. The summed E-state index contributed by atoms with van der Waals surface area (Å²) in [5, 5.41) is 3.46. The van der Waals surface area contributed by atoms with E-state index in [0.29, 0.717) is 0 Å². The number of hydrogen-bond acceptors (Lipinski definition) is 3. The van der Waals surface area contributed by atoms with Crippen molar-refractivity contribution in [2.75, 3.05) is 59.5 Å². The summed E-state index contributed by atoms with van der Waals surface area (Å²) in [5.74, 6) is 3.61. The Bertz CT molecular complexity index is 413. The number of nitrogens with one attached hydrogen (secondary N) is 1. The molecule has 0 radical (unpaired) electrons. The monoisotopic (exact) mass is 380 g/mol. The van der Waals surface area contributed by atoms with Gasteiger partial charge in [-0.05, 0) is 69.7 Å². The first-order valence-electron chi connectivity index (χ1n) is 11.4. The van der Waals surface area contributed by atoms with Crippen LogP contribution in [0.1, 0.15) is 59.3 Å². The van der Waals surface area contributed by atoms with Crippen LogP contribution >= 0.6 is 0 Å². The van der Waals surface area contributed by atoms with Crippen molar-refractivity contribution in [1.29, 1.82) is 0 Å². The van der Waals surface area contributed by atoms with Crippen LogP contribution in [0.5, 0.6) is 0 Å². The molecular weight excluding hydrogens is 336 g/mol. The number of hydrogen-bond donors (Lipinski definition) is 1. The molecule has 0 saturated carbocycles. The fraction of sp³-hybridized carbons (Fsp3) is 0.955. The van der Waals surface area contributed by atoms with Gasteiger partial charge in [0.25, 0.3) is 0 Å². The van der Waals surface area contributed by atoms with Crippen LogP contribution in [-0.2, 0) is 4.74 Å².